The summed E-state index contributed by atoms with van der Waals surface area (Å²) in [6.45, 7) is 6.62. The van der Waals surface area contributed by atoms with Crippen molar-refractivity contribution in [3.63, 3.8) is 0 Å². The zero-order chi connectivity index (χ0) is 14.6. The van der Waals surface area contributed by atoms with Crippen LogP contribution in [0.3, 0.4) is 0 Å². The summed E-state index contributed by atoms with van der Waals surface area (Å²) in [5.74, 6) is 0.662. The molecule has 4 rings (SSSR count). The minimum atomic E-state index is 0.662. The maximum Gasteiger partial charge on any atom is 0.0954 e. The number of fused-ring (bicyclic) bond motifs is 2. The second kappa shape index (κ2) is 4.42. The smallest absolute Gasteiger partial charge is 0.0954 e. The number of nitrogens with zero attached hydrogens (tertiary/aromatic N) is 3. The lowest BCUT2D eigenvalue weighted by Crippen LogP contribution is -2.32. The van der Waals surface area contributed by atoms with Crippen molar-refractivity contribution in [2.45, 2.75) is 13.8 Å². The first-order valence-corrected chi connectivity index (χ1v) is 7.65. The lowest BCUT2D eigenvalue weighted by Gasteiger charge is -2.35. The zero-order valence-corrected chi connectivity index (χ0v) is 12.9. The quantitative estimate of drug-likeness (QED) is 0.809. The van der Waals surface area contributed by atoms with Gasteiger partial charge in [0.15, 0.2) is 0 Å². The summed E-state index contributed by atoms with van der Waals surface area (Å²) in [6, 6.07) is 15.3. The van der Waals surface area contributed by atoms with Crippen LogP contribution < -0.4 is 14.7 Å². The van der Waals surface area contributed by atoms with Crippen LogP contribution in [0.4, 0.5) is 28.4 Å². The zero-order valence-electron chi connectivity index (χ0n) is 12.9. The molecule has 0 saturated carbocycles. The number of benzene rings is 2. The number of rotatable bonds is 2. The third-order valence-corrected chi connectivity index (χ3v) is 4.40. The fourth-order valence-corrected chi connectivity index (χ4v) is 3.54. The van der Waals surface area contributed by atoms with Crippen LogP contribution in [0.25, 0.3) is 0 Å². The molecule has 108 valence electrons. The first kappa shape index (κ1) is 12.6. The summed E-state index contributed by atoms with van der Waals surface area (Å²) in [5.41, 5.74) is 6.62. The summed E-state index contributed by atoms with van der Waals surface area (Å²) in [7, 11) is 2.16. The van der Waals surface area contributed by atoms with E-state index in [1.807, 2.05) is 0 Å². The summed E-state index contributed by atoms with van der Waals surface area (Å²) in [5, 5.41) is 0. The molecule has 2 aromatic carbocycles. The van der Waals surface area contributed by atoms with Gasteiger partial charge in [0.25, 0.3) is 0 Å². The van der Waals surface area contributed by atoms with E-state index >= 15 is 0 Å². The van der Waals surface area contributed by atoms with Gasteiger partial charge in [0.05, 0.1) is 35.1 Å². The minimum Gasteiger partial charge on any atom is -0.351 e. The number of hydrogen-bond acceptors (Lipinski definition) is 3. The molecule has 0 saturated heterocycles. The molecule has 0 aromatic heterocycles. The van der Waals surface area contributed by atoms with E-state index < -0.39 is 0 Å². The van der Waals surface area contributed by atoms with E-state index in [2.05, 4.69) is 78.1 Å². The van der Waals surface area contributed by atoms with Crippen LogP contribution in [0.5, 0.6) is 0 Å². The van der Waals surface area contributed by atoms with Crippen molar-refractivity contribution in [2.75, 3.05) is 35.0 Å². The van der Waals surface area contributed by atoms with Crippen LogP contribution in [0.15, 0.2) is 42.5 Å². The standard InChI is InChI=1S/C18H21N3/c1-13(2)11-20-12-21-15-8-5-4-7-14(15)19(3)16-9-6-10-17(20)18(16)21/h4-10,13H,11-12H2,1-3H3. The Labute approximate surface area is 126 Å². The highest BCUT2D eigenvalue weighted by molar-refractivity contribution is 6.01. The van der Waals surface area contributed by atoms with Gasteiger partial charge in [-0.1, -0.05) is 32.0 Å². The molecule has 0 unspecified atom stereocenters. The minimum absolute atomic E-state index is 0.662. The summed E-state index contributed by atoms with van der Waals surface area (Å²) in [6.07, 6.45) is 0. The Balaban J connectivity index is 1.89. The highest BCUT2D eigenvalue weighted by Crippen LogP contribution is 2.54. The molecule has 0 N–H and O–H groups in total. The third-order valence-electron chi connectivity index (χ3n) is 4.40. The van der Waals surface area contributed by atoms with Crippen LogP contribution in [-0.2, 0) is 0 Å². The van der Waals surface area contributed by atoms with E-state index in [0.29, 0.717) is 5.92 Å². The maximum atomic E-state index is 2.50. The molecule has 0 aliphatic carbocycles. The molecule has 2 aliphatic heterocycles. The van der Waals surface area contributed by atoms with Gasteiger partial charge < -0.3 is 14.7 Å². The summed E-state index contributed by atoms with van der Waals surface area (Å²) < 4.78 is 0. The molecule has 2 aliphatic rings. The van der Waals surface area contributed by atoms with E-state index in [4.69, 9.17) is 0 Å². The molecule has 3 nitrogen and oxygen atoms in total. The molecular formula is C18H21N3. The Hall–Kier alpha value is -2.16. The van der Waals surface area contributed by atoms with Crippen molar-refractivity contribution in [1.29, 1.82) is 0 Å². The Bertz CT molecular complexity index is 693. The third kappa shape index (κ3) is 1.73. The number of anilines is 5. The first-order valence-electron chi connectivity index (χ1n) is 7.65. The van der Waals surface area contributed by atoms with Gasteiger partial charge in [-0.05, 0) is 30.2 Å². The molecule has 2 aromatic rings. The van der Waals surface area contributed by atoms with E-state index in [1.54, 1.807) is 0 Å². The molecule has 0 radical (unpaired) electrons. The second-order valence-corrected chi connectivity index (χ2v) is 6.38. The molecule has 2 heterocycles. The van der Waals surface area contributed by atoms with Crippen molar-refractivity contribution in [3.8, 4) is 0 Å². The van der Waals surface area contributed by atoms with Crippen molar-refractivity contribution >= 4 is 28.4 Å². The normalized spacial score (nSPS) is 15.5. The fourth-order valence-electron chi connectivity index (χ4n) is 3.54. The molecule has 0 bridgehead atoms. The lowest BCUT2D eigenvalue weighted by atomic mass is 10.1. The van der Waals surface area contributed by atoms with Gasteiger partial charge in [-0.3, -0.25) is 0 Å². The van der Waals surface area contributed by atoms with Gasteiger partial charge in [0.1, 0.15) is 0 Å². The average molecular weight is 279 g/mol. The molecule has 3 heteroatoms. The summed E-state index contributed by atoms with van der Waals surface area (Å²) >= 11 is 0. The Kier molecular flexibility index (Phi) is 2.64. The highest BCUT2D eigenvalue weighted by atomic mass is 15.4. The predicted molar refractivity (Wildman–Crippen MR) is 90.1 cm³/mol. The van der Waals surface area contributed by atoms with Crippen molar-refractivity contribution in [3.05, 3.63) is 42.5 Å². The Morgan fingerprint density at radius 1 is 0.905 bits per heavy atom. The number of para-hydroxylation sites is 3. The average Bonchev–Trinajstić information content (AvgIpc) is 2.84. The van der Waals surface area contributed by atoms with Crippen molar-refractivity contribution in [2.24, 2.45) is 5.92 Å². The fraction of sp³-hybridized carbons (Fsp3) is 0.333. The van der Waals surface area contributed by atoms with E-state index in [9.17, 15) is 0 Å². The molecule has 0 atom stereocenters. The van der Waals surface area contributed by atoms with E-state index in [-0.39, 0.29) is 0 Å². The van der Waals surface area contributed by atoms with Crippen LogP contribution in [0.1, 0.15) is 13.8 Å². The van der Waals surface area contributed by atoms with Gasteiger partial charge >= 0.3 is 0 Å². The van der Waals surface area contributed by atoms with Crippen molar-refractivity contribution in [1.82, 2.24) is 0 Å². The topological polar surface area (TPSA) is 9.72 Å². The largest absolute Gasteiger partial charge is 0.351 e. The van der Waals surface area contributed by atoms with E-state index in [0.717, 1.165) is 13.2 Å². The molecule has 21 heavy (non-hydrogen) atoms. The SMILES string of the molecule is CC(C)CN1CN2c3ccccc3N(C)c3cccc1c32. The predicted octanol–water partition coefficient (Wildman–Crippen LogP) is 4.34. The van der Waals surface area contributed by atoms with Gasteiger partial charge in [0.2, 0.25) is 0 Å². The van der Waals surface area contributed by atoms with Crippen molar-refractivity contribution < 1.29 is 0 Å². The molecule has 0 fully saturated rings. The summed E-state index contributed by atoms with van der Waals surface area (Å²) in [4.78, 5) is 7.27. The monoisotopic (exact) mass is 279 g/mol. The van der Waals surface area contributed by atoms with Crippen LogP contribution in [0.2, 0.25) is 0 Å². The van der Waals surface area contributed by atoms with Gasteiger partial charge in [0, 0.05) is 13.6 Å². The number of hydrogen-bond donors (Lipinski definition) is 0. The lowest BCUT2D eigenvalue weighted by molar-refractivity contribution is 0.622. The molecular weight excluding hydrogens is 258 g/mol. The van der Waals surface area contributed by atoms with Crippen LogP contribution >= 0.6 is 0 Å². The van der Waals surface area contributed by atoms with Crippen LogP contribution in [-0.4, -0.2) is 20.3 Å². The second-order valence-electron chi connectivity index (χ2n) is 6.38. The first-order chi connectivity index (χ1) is 10.2. The maximum absolute atomic E-state index is 2.50. The van der Waals surface area contributed by atoms with E-state index in [1.165, 1.54) is 28.4 Å². The van der Waals surface area contributed by atoms with Gasteiger partial charge in [-0.25, -0.2) is 0 Å². The van der Waals surface area contributed by atoms with Gasteiger partial charge in [-0.2, -0.15) is 0 Å². The van der Waals surface area contributed by atoms with Crippen LogP contribution in [0, 0.1) is 5.92 Å². The highest BCUT2D eigenvalue weighted by Gasteiger charge is 2.35. The molecule has 0 amide bonds. The Morgan fingerprint density at radius 2 is 1.57 bits per heavy atom. The molecule has 0 spiro atoms. The Morgan fingerprint density at radius 3 is 2.33 bits per heavy atom. The van der Waals surface area contributed by atoms with Gasteiger partial charge in [-0.15, -0.1) is 0 Å².